The lowest BCUT2D eigenvalue weighted by atomic mass is 10.1. The Morgan fingerprint density at radius 1 is 0.878 bits per heavy atom. The van der Waals surface area contributed by atoms with Gasteiger partial charge < -0.3 is 44.5 Å². The number of hydrogen-bond acceptors (Lipinski definition) is 17. The predicted octanol–water partition coefficient (Wildman–Crippen LogP) is 1.93. The summed E-state index contributed by atoms with van der Waals surface area (Å²) in [6, 6.07) is 9.25. The highest BCUT2D eigenvalue weighted by molar-refractivity contribution is 7.67. The molecule has 24 heteroatoms. The smallest absolute Gasteiger partial charge is 0.486 e. The van der Waals surface area contributed by atoms with Crippen LogP contribution in [0.25, 0.3) is 33.0 Å². The molecule has 5 aromatic rings. The number of nitrogens with two attached hydrogens (primary N) is 1. The van der Waals surface area contributed by atoms with Gasteiger partial charge in [0.25, 0.3) is 0 Å². The molecule has 5 heterocycles. The molecule has 0 bridgehead atoms. The van der Waals surface area contributed by atoms with Gasteiger partial charge in [0.05, 0.1) is 24.0 Å². The Morgan fingerprint density at radius 3 is 2.37 bits per heavy atom. The number of phosphoric ester groups is 2. The molecule has 0 aliphatic carbocycles. The average Bonchev–Trinajstić information content (AvgIpc) is 3.59. The van der Waals surface area contributed by atoms with Crippen LogP contribution >= 0.6 is 23.5 Å². The van der Waals surface area contributed by atoms with Crippen molar-refractivity contribution in [2.75, 3.05) is 25.6 Å². The summed E-state index contributed by atoms with van der Waals surface area (Å²) in [6.07, 6.45) is -3.82. The van der Waals surface area contributed by atoms with Crippen LogP contribution in [0.15, 0.2) is 49.1 Å². The molecule has 0 spiro atoms. The molecule has 2 aliphatic rings. The van der Waals surface area contributed by atoms with Crippen LogP contribution in [0.3, 0.4) is 0 Å². The number of aromatic nitrogens is 5. The normalized spacial score (nSPS) is 24.4. The van der Waals surface area contributed by atoms with Crippen molar-refractivity contribution < 1.29 is 70.5 Å². The summed E-state index contributed by atoms with van der Waals surface area (Å²) in [6.45, 7) is -0.471. The van der Waals surface area contributed by atoms with Crippen molar-refractivity contribution in [1.29, 1.82) is 0 Å². The maximum Gasteiger partial charge on any atom is 0.536 e. The number of rotatable bonds is 10. The third-order valence-electron chi connectivity index (χ3n) is 7.31. The van der Waals surface area contributed by atoms with Crippen molar-refractivity contribution in [2.45, 2.75) is 24.5 Å². The number of imidazole rings is 1. The topological polar surface area (TPSA) is 299 Å². The van der Waals surface area contributed by atoms with Gasteiger partial charge in [-0.3, -0.25) is 14.0 Å². The van der Waals surface area contributed by atoms with Gasteiger partial charge in [-0.1, -0.05) is 12.1 Å². The molecular formula is C25H25N6O15P3. The van der Waals surface area contributed by atoms with Crippen molar-refractivity contribution in [3.05, 3.63) is 49.1 Å². The fourth-order valence-corrected chi connectivity index (χ4v) is 8.80. The van der Waals surface area contributed by atoms with Crippen LogP contribution in [0.5, 0.6) is 17.2 Å². The zero-order chi connectivity index (χ0) is 34.7. The predicted molar refractivity (Wildman–Crippen MR) is 164 cm³/mol. The minimum Gasteiger partial charge on any atom is -0.486 e. The van der Waals surface area contributed by atoms with Gasteiger partial charge in [-0.15, -0.1) is 0 Å². The Labute approximate surface area is 273 Å². The second-order valence-electron chi connectivity index (χ2n) is 10.6. The Balaban J connectivity index is 1.05. The zero-order valence-corrected chi connectivity index (χ0v) is 27.2. The van der Waals surface area contributed by atoms with Crippen LogP contribution in [-0.4, -0.2) is 87.5 Å². The minimum absolute atomic E-state index is 0.0363. The van der Waals surface area contributed by atoms with Crippen molar-refractivity contribution >= 4 is 62.3 Å². The molecule has 2 aromatic carbocycles. The highest BCUT2D eigenvalue weighted by Gasteiger charge is 2.47. The Kier molecular flexibility index (Phi) is 8.59. The lowest BCUT2D eigenvalue weighted by Crippen LogP contribution is -2.33. The third-order valence-corrected chi connectivity index (χ3v) is 11.5. The number of phosphoric acid groups is 3. The molecule has 49 heavy (non-hydrogen) atoms. The first-order valence-corrected chi connectivity index (χ1v) is 18.5. The van der Waals surface area contributed by atoms with E-state index in [1.54, 1.807) is 18.2 Å². The number of aliphatic hydroxyl groups excluding tert-OH is 2. The van der Waals surface area contributed by atoms with Gasteiger partial charge in [-0.2, -0.15) is 8.62 Å². The number of aliphatic hydroxyl groups is 2. The molecule has 2 aliphatic heterocycles. The van der Waals surface area contributed by atoms with Crippen molar-refractivity contribution in [3.8, 4) is 17.2 Å². The SMILES string of the molecule is Nc1ncnc2c1ncn2[C@@H]1O[C@H](COP(=O)(O)OP(=O)(O)OP(=O)(O)Oc2c3ccccc3nc3cc4c(cc23)OCCO4)[C@@H](O)[C@H]1O. The van der Waals surface area contributed by atoms with E-state index in [1.807, 2.05) is 0 Å². The number of hydrogen-bond donors (Lipinski definition) is 6. The summed E-state index contributed by atoms with van der Waals surface area (Å²) in [5, 5.41) is 21.4. The molecule has 1 fully saturated rings. The van der Waals surface area contributed by atoms with Crippen LogP contribution < -0.4 is 19.7 Å². The van der Waals surface area contributed by atoms with E-state index in [4.69, 9.17) is 29.0 Å². The van der Waals surface area contributed by atoms with Crippen LogP contribution in [-0.2, 0) is 31.6 Å². The summed E-state index contributed by atoms with van der Waals surface area (Å²) in [5.41, 5.74) is 6.64. The Morgan fingerprint density at radius 2 is 1.59 bits per heavy atom. The molecule has 0 radical (unpaired) electrons. The molecular weight excluding hydrogens is 717 g/mol. The fraction of sp³-hybridized carbons (Fsp3) is 0.280. The van der Waals surface area contributed by atoms with Crippen molar-refractivity contribution in [2.24, 2.45) is 0 Å². The van der Waals surface area contributed by atoms with E-state index in [0.29, 0.717) is 11.3 Å². The first-order valence-electron chi connectivity index (χ1n) is 14.0. The zero-order valence-electron chi connectivity index (χ0n) is 24.5. The van der Waals surface area contributed by atoms with Gasteiger partial charge in [0, 0.05) is 16.8 Å². The van der Waals surface area contributed by atoms with E-state index in [-0.39, 0.29) is 58.0 Å². The lowest BCUT2D eigenvalue weighted by Gasteiger charge is -2.22. The number of benzene rings is 2. The molecule has 7 rings (SSSR count). The first kappa shape index (κ1) is 33.7. The first-order chi connectivity index (χ1) is 23.2. The molecule has 7 atom stereocenters. The monoisotopic (exact) mass is 742 g/mol. The fourth-order valence-electron chi connectivity index (χ4n) is 5.24. The summed E-state index contributed by atoms with van der Waals surface area (Å²) < 4.78 is 74.9. The second-order valence-corrected chi connectivity index (χ2v) is 15.1. The van der Waals surface area contributed by atoms with Gasteiger partial charge in [-0.25, -0.2) is 33.6 Å². The molecule has 3 aromatic heterocycles. The molecule has 0 saturated carbocycles. The number of fused-ring (bicyclic) bond motifs is 4. The number of pyridine rings is 1. The van der Waals surface area contributed by atoms with Crippen LogP contribution in [0.2, 0.25) is 0 Å². The van der Waals surface area contributed by atoms with Crippen LogP contribution in [0.4, 0.5) is 5.82 Å². The molecule has 260 valence electrons. The lowest BCUT2D eigenvalue weighted by molar-refractivity contribution is -0.0503. The molecule has 21 nitrogen and oxygen atoms in total. The van der Waals surface area contributed by atoms with Crippen LogP contribution in [0.1, 0.15) is 6.23 Å². The van der Waals surface area contributed by atoms with E-state index in [9.17, 15) is 38.6 Å². The summed E-state index contributed by atoms with van der Waals surface area (Å²) >= 11 is 0. The van der Waals surface area contributed by atoms with Gasteiger partial charge in [0.1, 0.15) is 49.1 Å². The van der Waals surface area contributed by atoms with Gasteiger partial charge >= 0.3 is 23.5 Å². The maximum absolute atomic E-state index is 13.1. The molecule has 7 N–H and O–H groups in total. The number of nitrogen functional groups attached to an aromatic ring is 1. The van der Waals surface area contributed by atoms with Gasteiger partial charge in [0.2, 0.25) is 0 Å². The average molecular weight is 742 g/mol. The molecule has 3 unspecified atom stereocenters. The standard InChI is InChI=1S/C25H25N6O15P3/c26-23-19-24(28-10-27-23)31(11-29-19)25-21(33)20(32)18(43-25)9-42-47(34,35)45-49(38,39)46-48(36,37)44-22-12-3-1-2-4-14(12)30-15-8-17-16(7-13(15)22)40-5-6-41-17/h1-4,7-8,10-11,18,20-21,25,32-33H,5-6,9H2,(H,34,35)(H,36,37)(H,38,39)(H2,26,27,28)/t18-,20-,21-,25-/m1/s1. The molecule has 1 saturated heterocycles. The quantitative estimate of drug-likeness (QED) is 0.0879. The number of anilines is 1. The third kappa shape index (κ3) is 6.72. The molecule has 0 amide bonds. The number of nitrogens with zero attached hydrogens (tertiary/aromatic N) is 5. The van der Waals surface area contributed by atoms with E-state index >= 15 is 0 Å². The Bertz CT molecular complexity index is 2240. The van der Waals surface area contributed by atoms with E-state index in [1.165, 1.54) is 29.1 Å². The van der Waals surface area contributed by atoms with E-state index < -0.39 is 54.6 Å². The van der Waals surface area contributed by atoms with Gasteiger partial charge in [0.15, 0.2) is 29.2 Å². The summed E-state index contributed by atoms with van der Waals surface area (Å²) in [5.74, 6) is 0.371. The van der Waals surface area contributed by atoms with Crippen molar-refractivity contribution in [3.63, 3.8) is 0 Å². The van der Waals surface area contributed by atoms with E-state index in [2.05, 4.69) is 28.6 Å². The van der Waals surface area contributed by atoms with Crippen LogP contribution in [0, 0.1) is 0 Å². The van der Waals surface area contributed by atoms with Crippen molar-refractivity contribution in [1.82, 2.24) is 24.5 Å². The summed E-state index contributed by atoms with van der Waals surface area (Å²) in [4.78, 5) is 47.3. The minimum atomic E-state index is -5.91. The van der Waals surface area contributed by atoms with E-state index in [0.717, 1.165) is 6.33 Å². The number of ether oxygens (including phenoxy) is 3. The highest BCUT2D eigenvalue weighted by Crippen LogP contribution is 2.68. The largest absolute Gasteiger partial charge is 0.536 e. The second kappa shape index (κ2) is 12.5. The highest BCUT2D eigenvalue weighted by atomic mass is 31.3. The maximum atomic E-state index is 13.1. The number of para-hydroxylation sites is 1. The summed E-state index contributed by atoms with van der Waals surface area (Å²) in [7, 11) is -17.1. The Hall–Kier alpha value is -3.81. The van der Waals surface area contributed by atoms with Gasteiger partial charge in [-0.05, 0) is 18.2 Å².